The van der Waals surface area contributed by atoms with Crippen LogP contribution in [0.5, 0.6) is 0 Å². The van der Waals surface area contributed by atoms with Gasteiger partial charge in [0.15, 0.2) is 0 Å². The molecule has 1 aromatic rings. The summed E-state index contributed by atoms with van der Waals surface area (Å²) in [6.07, 6.45) is 6.43. The van der Waals surface area contributed by atoms with E-state index in [9.17, 15) is 4.39 Å². The average Bonchev–Trinajstić information content (AvgIpc) is 2.49. The molecule has 0 atom stereocenters. The summed E-state index contributed by atoms with van der Waals surface area (Å²) in [5.74, 6) is -0.291. The monoisotopic (exact) mass is 311 g/mol. The Morgan fingerprint density at radius 3 is 2.33 bits per heavy atom. The topological polar surface area (TPSA) is 18.8 Å². The molecule has 21 heavy (non-hydrogen) atoms. The predicted molar refractivity (Wildman–Crippen MR) is 91.3 cm³/mol. The van der Waals surface area contributed by atoms with Crippen LogP contribution in [0.3, 0.4) is 0 Å². The van der Waals surface area contributed by atoms with Crippen LogP contribution < -0.4 is 0 Å². The summed E-state index contributed by atoms with van der Waals surface area (Å²) in [6.45, 7) is 6.54. The lowest BCUT2D eigenvalue weighted by molar-refractivity contribution is 0.435. The van der Waals surface area contributed by atoms with Crippen LogP contribution in [-0.4, -0.2) is 35.1 Å². The van der Waals surface area contributed by atoms with Gasteiger partial charge in [0.05, 0.1) is 0 Å². The van der Waals surface area contributed by atoms with Crippen LogP contribution in [0.25, 0.3) is 0 Å². The fraction of sp³-hybridized carbons (Fsp3) is 0.562. The minimum Gasteiger partial charge on any atom is -0.297 e. The van der Waals surface area contributed by atoms with Crippen molar-refractivity contribution in [3.05, 3.63) is 30.1 Å². The van der Waals surface area contributed by atoms with E-state index in [4.69, 9.17) is 0 Å². The van der Waals surface area contributed by atoms with Gasteiger partial charge in [-0.3, -0.25) is 4.31 Å². The summed E-state index contributed by atoms with van der Waals surface area (Å²) in [5, 5.41) is 0. The molecule has 0 radical (unpaired) electrons. The van der Waals surface area contributed by atoms with Gasteiger partial charge in [-0.15, -0.1) is 0 Å². The van der Waals surface area contributed by atoms with Gasteiger partial charge in [0.1, 0.15) is 17.8 Å². The second-order valence-electron chi connectivity index (χ2n) is 4.96. The first-order valence-electron chi connectivity index (χ1n) is 7.62. The number of hydrogen-bond donors (Lipinski definition) is 0. The molecular formula is C16H26FN3S. The second kappa shape index (κ2) is 10.6. The number of aliphatic imine (C=N–C) groups is 1. The van der Waals surface area contributed by atoms with Crippen molar-refractivity contribution >= 4 is 24.2 Å². The fourth-order valence-corrected chi connectivity index (χ4v) is 2.64. The Morgan fingerprint density at radius 2 is 1.76 bits per heavy atom. The van der Waals surface area contributed by atoms with Gasteiger partial charge in [0.2, 0.25) is 0 Å². The van der Waals surface area contributed by atoms with Gasteiger partial charge >= 0.3 is 0 Å². The molecule has 0 saturated carbocycles. The molecule has 5 heteroatoms. The molecule has 0 aliphatic carbocycles. The zero-order chi connectivity index (χ0) is 15.5. The van der Waals surface area contributed by atoms with Gasteiger partial charge in [-0.05, 0) is 25.0 Å². The standard InChI is InChI=1S/C16H26FN3S/c1-4-6-12-20(13-7-5-2)21-19(3)14-18-16-11-9-8-10-15(16)17/h8-11,14H,4-7,12-13H2,1-3H3. The quantitative estimate of drug-likeness (QED) is 0.348. The molecule has 0 spiro atoms. The number of nitrogens with zero attached hydrogens (tertiary/aromatic N) is 3. The van der Waals surface area contributed by atoms with Gasteiger partial charge in [-0.1, -0.05) is 38.8 Å². The summed E-state index contributed by atoms with van der Waals surface area (Å²) in [5.41, 5.74) is 0.374. The Labute approximate surface area is 132 Å². The van der Waals surface area contributed by atoms with Crippen molar-refractivity contribution in [3.63, 3.8) is 0 Å². The Morgan fingerprint density at radius 1 is 1.14 bits per heavy atom. The maximum Gasteiger partial charge on any atom is 0.148 e. The van der Waals surface area contributed by atoms with Gasteiger partial charge in [0, 0.05) is 32.3 Å². The van der Waals surface area contributed by atoms with E-state index in [1.807, 2.05) is 11.4 Å². The first-order chi connectivity index (χ1) is 10.2. The Bertz CT molecular complexity index is 418. The summed E-state index contributed by atoms with van der Waals surface area (Å²) in [6, 6.07) is 6.56. The summed E-state index contributed by atoms with van der Waals surface area (Å²) in [4.78, 5) is 4.20. The molecule has 0 fully saturated rings. The van der Waals surface area contributed by atoms with Crippen LogP contribution in [-0.2, 0) is 0 Å². The third-order valence-corrected chi connectivity index (χ3v) is 3.93. The molecule has 0 amide bonds. The number of unbranched alkanes of at least 4 members (excludes halogenated alkanes) is 2. The highest BCUT2D eigenvalue weighted by Crippen LogP contribution is 2.18. The fourth-order valence-electron chi connectivity index (χ4n) is 1.77. The largest absolute Gasteiger partial charge is 0.297 e. The minimum atomic E-state index is -0.291. The van der Waals surface area contributed by atoms with Crippen LogP contribution in [0.2, 0.25) is 0 Å². The van der Waals surface area contributed by atoms with Crippen LogP contribution >= 0.6 is 12.1 Å². The average molecular weight is 311 g/mol. The van der Waals surface area contributed by atoms with Gasteiger partial charge in [0.25, 0.3) is 0 Å². The van der Waals surface area contributed by atoms with Gasteiger partial charge < -0.3 is 0 Å². The molecule has 0 aliphatic heterocycles. The van der Waals surface area contributed by atoms with Crippen molar-refractivity contribution < 1.29 is 4.39 Å². The van der Waals surface area contributed by atoms with Crippen LogP contribution in [0.4, 0.5) is 10.1 Å². The van der Waals surface area contributed by atoms with Crippen molar-refractivity contribution in [2.45, 2.75) is 39.5 Å². The third-order valence-electron chi connectivity index (χ3n) is 2.98. The molecule has 0 unspecified atom stereocenters. The molecule has 0 saturated heterocycles. The van der Waals surface area contributed by atoms with E-state index in [2.05, 4.69) is 23.1 Å². The first-order valence-corrected chi connectivity index (χ1v) is 8.35. The first kappa shape index (κ1) is 18.0. The minimum absolute atomic E-state index is 0.291. The van der Waals surface area contributed by atoms with E-state index in [0.717, 1.165) is 13.1 Å². The highest BCUT2D eigenvalue weighted by atomic mass is 32.2. The maximum absolute atomic E-state index is 13.5. The Kier molecular flexibility index (Phi) is 9.10. The van der Waals surface area contributed by atoms with Crippen LogP contribution in [0.15, 0.2) is 29.3 Å². The highest BCUT2D eigenvalue weighted by Gasteiger charge is 2.07. The van der Waals surface area contributed by atoms with Gasteiger partial charge in [-0.25, -0.2) is 13.7 Å². The lowest BCUT2D eigenvalue weighted by atomic mass is 10.3. The highest BCUT2D eigenvalue weighted by molar-refractivity contribution is 7.95. The van der Waals surface area contributed by atoms with Crippen LogP contribution in [0.1, 0.15) is 39.5 Å². The molecule has 0 aliphatic rings. The van der Waals surface area contributed by atoms with Crippen molar-refractivity contribution in [3.8, 4) is 0 Å². The zero-order valence-electron chi connectivity index (χ0n) is 13.3. The number of halogens is 1. The van der Waals surface area contributed by atoms with E-state index >= 15 is 0 Å². The number of benzene rings is 1. The lowest BCUT2D eigenvalue weighted by Gasteiger charge is -2.24. The molecule has 3 nitrogen and oxygen atoms in total. The Balaban J connectivity index is 2.52. The number of para-hydroxylation sites is 1. The second-order valence-corrected chi connectivity index (χ2v) is 6.22. The van der Waals surface area contributed by atoms with Crippen LogP contribution in [0, 0.1) is 5.82 Å². The molecule has 1 aromatic carbocycles. The lowest BCUT2D eigenvalue weighted by Crippen LogP contribution is -2.24. The maximum atomic E-state index is 13.5. The summed E-state index contributed by atoms with van der Waals surface area (Å²) >= 11 is 1.64. The SMILES string of the molecule is CCCCN(CCCC)SN(C)C=Nc1ccccc1F. The number of rotatable bonds is 10. The molecule has 1 rings (SSSR count). The summed E-state index contributed by atoms with van der Waals surface area (Å²) < 4.78 is 17.8. The number of hydrogen-bond acceptors (Lipinski definition) is 3. The van der Waals surface area contributed by atoms with E-state index in [-0.39, 0.29) is 5.82 Å². The predicted octanol–water partition coefficient (Wildman–Crippen LogP) is 4.88. The normalized spacial score (nSPS) is 11.5. The molecule has 118 valence electrons. The molecule has 0 N–H and O–H groups in total. The zero-order valence-corrected chi connectivity index (χ0v) is 14.1. The van der Waals surface area contributed by atoms with E-state index in [1.165, 1.54) is 31.7 Å². The molecule has 0 heterocycles. The Hall–Kier alpha value is -1.07. The molecule has 0 aromatic heterocycles. The smallest absolute Gasteiger partial charge is 0.148 e. The summed E-state index contributed by atoms with van der Waals surface area (Å²) in [7, 11) is 1.94. The third kappa shape index (κ3) is 7.48. The van der Waals surface area contributed by atoms with Crippen molar-refractivity contribution in [2.75, 3.05) is 20.1 Å². The van der Waals surface area contributed by atoms with Crippen molar-refractivity contribution in [2.24, 2.45) is 4.99 Å². The van der Waals surface area contributed by atoms with E-state index < -0.39 is 0 Å². The van der Waals surface area contributed by atoms with E-state index in [0.29, 0.717) is 5.69 Å². The van der Waals surface area contributed by atoms with Crippen molar-refractivity contribution in [1.82, 2.24) is 8.61 Å². The van der Waals surface area contributed by atoms with Gasteiger partial charge in [-0.2, -0.15) is 0 Å². The van der Waals surface area contributed by atoms with E-state index in [1.54, 1.807) is 36.7 Å². The molecule has 0 bridgehead atoms. The molecular weight excluding hydrogens is 285 g/mol. The van der Waals surface area contributed by atoms with Crippen molar-refractivity contribution in [1.29, 1.82) is 0 Å².